The monoisotopic (exact) mass is 369 g/mol. The molecule has 27 heavy (non-hydrogen) atoms. The molecule has 1 aliphatic carbocycles. The van der Waals surface area contributed by atoms with E-state index in [9.17, 15) is 14.4 Å². The summed E-state index contributed by atoms with van der Waals surface area (Å²) < 4.78 is 0. The lowest BCUT2D eigenvalue weighted by atomic mass is 9.99. The van der Waals surface area contributed by atoms with Gasteiger partial charge in [-0.25, -0.2) is 0 Å². The lowest BCUT2D eigenvalue weighted by Gasteiger charge is -2.25. The highest BCUT2D eigenvalue weighted by molar-refractivity contribution is 6.10. The van der Waals surface area contributed by atoms with E-state index in [1.165, 1.54) is 0 Å². The van der Waals surface area contributed by atoms with Gasteiger partial charge in [0.25, 0.3) is 0 Å². The van der Waals surface area contributed by atoms with Crippen LogP contribution in [0.5, 0.6) is 0 Å². The van der Waals surface area contributed by atoms with Crippen molar-refractivity contribution >= 4 is 23.2 Å². The zero-order valence-corrected chi connectivity index (χ0v) is 15.9. The molecular weight excluding hydrogens is 342 g/mol. The summed E-state index contributed by atoms with van der Waals surface area (Å²) in [5.74, 6) is -0.360. The van der Waals surface area contributed by atoms with Gasteiger partial charge in [-0.15, -0.1) is 0 Å². The summed E-state index contributed by atoms with van der Waals surface area (Å²) in [6.45, 7) is 4.11. The second kappa shape index (κ2) is 8.05. The summed E-state index contributed by atoms with van der Waals surface area (Å²) >= 11 is 0. The molecular formula is C21H27N3O3. The minimum absolute atomic E-state index is 0.00456. The van der Waals surface area contributed by atoms with Crippen molar-refractivity contribution in [2.24, 2.45) is 5.73 Å². The fourth-order valence-electron chi connectivity index (χ4n) is 3.90. The van der Waals surface area contributed by atoms with Crippen LogP contribution in [0, 0.1) is 0 Å². The number of nitrogens with zero attached hydrogens (tertiary/aromatic N) is 1. The fraction of sp³-hybridized carbons (Fsp3) is 0.476. The highest BCUT2D eigenvalue weighted by Gasteiger charge is 2.39. The molecule has 2 aliphatic rings. The molecule has 2 atom stereocenters. The molecule has 6 nitrogen and oxygen atoms in total. The second-order valence-electron chi connectivity index (χ2n) is 7.64. The van der Waals surface area contributed by atoms with Crippen molar-refractivity contribution in [3.8, 4) is 0 Å². The number of amides is 2. The van der Waals surface area contributed by atoms with E-state index in [0.29, 0.717) is 31.4 Å². The number of carbonyl (C=O) groups is 3. The maximum Gasteiger partial charge on any atom is 0.243 e. The van der Waals surface area contributed by atoms with Gasteiger partial charge in [-0.2, -0.15) is 0 Å². The fourth-order valence-corrected chi connectivity index (χ4v) is 3.90. The van der Waals surface area contributed by atoms with Crippen LogP contribution in [0.2, 0.25) is 0 Å². The number of nitrogens with one attached hydrogen (secondary N) is 1. The van der Waals surface area contributed by atoms with Gasteiger partial charge in [0.1, 0.15) is 6.04 Å². The Labute approximate surface area is 159 Å². The Kier molecular flexibility index (Phi) is 5.75. The van der Waals surface area contributed by atoms with E-state index in [4.69, 9.17) is 5.73 Å². The molecule has 1 fully saturated rings. The first-order valence-electron chi connectivity index (χ1n) is 9.53. The zero-order chi connectivity index (χ0) is 19.6. The number of benzene rings is 1. The molecule has 0 saturated carbocycles. The average molecular weight is 369 g/mol. The van der Waals surface area contributed by atoms with Crippen LogP contribution in [0.15, 0.2) is 35.9 Å². The first kappa shape index (κ1) is 19.3. The highest BCUT2D eigenvalue weighted by Crippen LogP contribution is 2.34. The SMILES string of the molecule is CC(C)NC(=O)[C@@H]1C[C@H](N)CN1C(=O)CC1=C(c2ccccc2)CCC1=O. The van der Waals surface area contributed by atoms with Gasteiger partial charge in [0, 0.05) is 30.6 Å². The summed E-state index contributed by atoms with van der Waals surface area (Å²) in [4.78, 5) is 39.4. The van der Waals surface area contributed by atoms with Crippen LogP contribution in [0.4, 0.5) is 0 Å². The minimum Gasteiger partial charge on any atom is -0.352 e. The van der Waals surface area contributed by atoms with Gasteiger partial charge < -0.3 is 16.0 Å². The quantitative estimate of drug-likeness (QED) is 0.825. The lowest BCUT2D eigenvalue weighted by molar-refractivity contribution is -0.138. The molecule has 2 amide bonds. The maximum atomic E-state index is 13.0. The van der Waals surface area contributed by atoms with Crippen molar-refractivity contribution in [1.82, 2.24) is 10.2 Å². The highest BCUT2D eigenvalue weighted by atomic mass is 16.2. The average Bonchev–Trinajstić information content (AvgIpc) is 3.19. The van der Waals surface area contributed by atoms with Gasteiger partial charge in [-0.3, -0.25) is 14.4 Å². The van der Waals surface area contributed by atoms with E-state index >= 15 is 0 Å². The van der Waals surface area contributed by atoms with Crippen LogP contribution in [0.3, 0.4) is 0 Å². The number of ketones is 1. The van der Waals surface area contributed by atoms with Crippen molar-refractivity contribution in [2.75, 3.05) is 6.54 Å². The minimum atomic E-state index is -0.563. The predicted octanol–water partition coefficient (Wildman–Crippen LogP) is 1.65. The summed E-state index contributed by atoms with van der Waals surface area (Å²) in [5.41, 5.74) is 8.53. The van der Waals surface area contributed by atoms with E-state index < -0.39 is 6.04 Å². The largest absolute Gasteiger partial charge is 0.352 e. The van der Waals surface area contributed by atoms with E-state index in [-0.39, 0.29) is 36.1 Å². The standard InChI is InChI=1S/C21H27N3O3/c1-13(2)23-21(27)18-10-15(22)12-24(18)20(26)11-17-16(8-9-19(17)25)14-6-4-3-5-7-14/h3-7,13,15,18H,8-12,22H2,1-2H3,(H,23,27)/t15-,18-/m0/s1. The van der Waals surface area contributed by atoms with Crippen LogP contribution in [-0.2, 0) is 14.4 Å². The number of nitrogens with two attached hydrogens (primary N) is 1. The third-order valence-electron chi connectivity index (χ3n) is 5.14. The number of rotatable bonds is 5. The second-order valence-corrected chi connectivity index (χ2v) is 7.64. The predicted molar refractivity (Wildman–Crippen MR) is 104 cm³/mol. The molecule has 0 radical (unpaired) electrons. The van der Waals surface area contributed by atoms with E-state index in [0.717, 1.165) is 11.1 Å². The molecule has 144 valence electrons. The van der Waals surface area contributed by atoms with Gasteiger partial charge in [0.15, 0.2) is 5.78 Å². The molecule has 0 unspecified atom stereocenters. The van der Waals surface area contributed by atoms with Crippen LogP contribution in [-0.4, -0.2) is 47.2 Å². The first-order chi connectivity index (χ1) is 12.9. The number of carbonyl (C=O) groups excluding carboxylic acids is 3. The van der Waals surface area contributed by atoms with Crippen molar-refractivity contribution in [3.63, 3.8) is 0 Å². The molecule has 0 bridgehead atoms. The normalized spacial score (nSPS) is 22.7. The van der Waals surface area contributed by atoms with Gasteiger partial charge in [-0.05, 0) is 37.8 Å². The molecule has 1 aliphatic heterocycles. The van der Waals surface area contributed by atoms with Crippen molar-refractivity contribution in [3.05, 3.63) is 41.5 Å². The molecule has 1 heterocycles. The summed E-state index contributed by atoms with van der Waals surface area (Å²) in [6, 6.07) is 8.91. The number of likely N-dealkylation sites (tertiary alicyclic amines) is 1. The topological polar surface area (TPSA) is 92.5 Å². The molecule has 1 aromatic carbocycles. The van der Waals surface area contributed by atoms with Gasteiger partial charge in [-0.1, -0.05) is 30.3 Å². The number of Topliss-reactive ketones (excluding diaryl/α,β-unsaturated/α-hetero) is 1. The van der Waals surface area contributed by atoms with Crippen LogP contribution in [0.1, 0.15) is 45.1 Å². The molecule has 3 N–H and O–H groups in total. The Hall–Kier alpha value is -2.47. The zero-order valence-electron chi connectivity index (χ0n) is 15.9. The van der Waals surface area contributed by atoms with Crippen molar-refractivity contribution in [2.45, 2.75) is 57.7 Å². The number of allylic oxidation sites excluding steroid dienone is 1. The lowest BCUT2D eigenvalue weighted by Crippen LogP contribution is -2.47. The van der Waals surface area contributed by atoms with E-state index in [2.05, 4.69) is 5.32 Å². The third kappa shape index (κ3) is 4.27. The summed E-state index contributed by atoms with van der Waals surface area (Å²) in [7, 11) is 0. The summed E-state index contributed by atoms with van der Waals surface area (Å²) in [6.07, 6.45) is 1.57. The third-order valence-corrected chi connectivity index (χ3v) is 5.14. The van der Waals surface area contributed by atoms with Gasteiger partial charge >= 0.3 is 0 Å². The van der Waals surface area contributed by atoms with Crippen LogP contribution in [0.25, 0.3) is 5.57 Å². The molecule has 3 rings (SSSR count). The Balaban J connectivity index is 1.80. The maximum absolute atomic E-state index is 13.0. The number of hydrogen-bond acceptors (Lipinski definition) is 4. The van der Waals surface area contributed by atoms with E-state index in [1.807, 2.05) is 44.2 Å². The Morgan fingerprint density at radius 1 is 1.22 bits per heavy atom. The molecule has 6 heteroatoms. The smallest absolute Gasteiger partial charge is 0.243 e. The van der Waals surface area contributed by atoms with Crippen molar-refractivity contribution < 1.29 is 14.4 Å². The van der Waals surface area contributed by atoms with Gasteiger partial charge in [0.2, 0.25) is 11.8 Å². The summed E-state index contributed by atoms with van der Waals surface area (Å²) in [5, 5.41) is 2.86. The Morgan fingerprint density at radius 2 is 1.93 bits per heavy atom. The van der Waals surface area contributed by atoms with E-state index in [1.54, 1.807) is 4.90 Å². The Bertz CT molecular complexity index is 770. The molecule has 1 saturated heterocycles. The first-order valence-corrected chi connectivity index (χ1v) is 9.53. The van der Waals surface area contributed by atoms with Gasteiger partial charge in [0.05, 0.1) is 6.42 Å². The molecule has 1 aromatic rings. The number of hydrogen-bond donors (Lipinski definition) is 2. The Morgan fingerprint density at radius 3 is 2.59 bits per heavy atom. The van der Waals surface area contributed by atoms with Crippen LogP contribution < -0.4 is 11.1 Å². The van der Waals surface area contributed by atoms with Crippen LogP contribution >= 0.6 is 0 Å². The molecule has 0 spiro atoms. The van der Waals surface area contributed by atoms with Crippen molar-refractivity contribution in [1.29, 1.82) is 0 Å². The molecule has 0 aromatic heterocycles.